The lowest BCUT2D eigenvalue weighted by Crippen LogP contribution is -2.47. The van der Waals surface area contributed by atoms with Gasteiger partial charge in [-0.25, -0.2) is 0 Å². The van der Waals surface area contributed by atoms with Crippen molar-refractivity contribution in [3.63, 3.8) is 0 Å². The van der Waals surface area contributed by atoms with E-state index in [4.69, 9.17) is 9.73 Å². The molecule has 1 aromatic carbocycles. The summed E-state index contributed by atoms with van der Waals surface area (Å²) in [6.07, 6.45) is 6.79. The zero-order chi connectivity index (χ0) is 16.6. The number of halogens is 2. The molecule has 2 N–H and O–H groups in total. The fourth-order valence-corrected chi connectivity index (χ4v) is 4.78. The van der Waals surface area contributed by atoms with Gasteiger partial charge in [0, 0.05) is 16.4 Å². The maximum absolute atomic E-state index is 5.96. The van der Waals surface area contributed by atoms with E-state index in [1.807, 2.05) is 0 Å². The number of aliphatic imine (C=N–C) groups is 1. The second kappa shape index (κ2) is 8.13. The van der Waals surface area contributed by atoms with E-state index in [9.17, 15) is 0 Å². The lowest BCUT2D eigenvalue weighted by molar-refractivity contribution is 0.0992. The molecular weight excluding hydrogens is 493 g/mol. The van der Waals surface area contributed by atoms with Crippen LogP contribution in [-0.4, -0.2) is 37.3 Å². The summed E-state index contributed by atoms with van der Waals surface area (Å²) < 4.78 is 7.16. The van der Waals surface area contributed by atoms with Crippen LogP contribution in [0.25, 0.3) is 0 Å². The molecule has 4 rings (SSSR count). The summed E-state index contributed by atoms with van der Waals surface area (Å²) in [5.74, 6) is 0.942. The molecule has 138 valence electrons. The molecule has 0 amide bonds. The van der Waals surface area contributed by atoms with Gasteiger partial charge in [-0.05, 0) is 50.7 Å². The Hall–Kier alpha value is -0.340. The van der Waals surface area contributed by atoms with Crippen LogP contribution in [0, 0.1) is 0 Å². The normalized spacial score (nSPS) is 29.2. The summed E-state index contributed by atoms with van der Waals surface area (Å²) in [6, 6.07) is 8.99. The lowest BCUT2D eigenvalue weighted by Gasteiger charge is -2.23. The molecule has 25 heavy (non-hydrogen) atoms. The van der Waals surface area contributed by atoms with Crippen molar-refractivity contribution in [1.29, 1.82) is 0 Å². The van der Waals surface area contributed by atoms with E-state index in [-0.39, 0.29) is 29.4 Å². The quantitative estimate of drug-likeness (QED) is 0.351. The molecule has 1 aromatic rings. The third kappa shape index (κ3) is 4.16. The average molecular weight is 520 g/mol. The van der Waals surface area contributed by atoms with Crippen molar-refractivity contribution in [2.45, 2.75) is 62.7 Å². The van der Waals surface area contributed by atoms with Crippen LogP contribution >= 0.6 is 39.9 Å². The second-order valence-electron chi connectivity index (χ2n) is 7.32. The van der Waals surface area contributed by atoms with Crippen LogP contribution in [0.2, 0.25) is 0 Å². The molecule has 1 saturated carbocycles. The standard InChI is InChI=1S/C19H26BrN3O.HI/c1-2-21-18(23-16-11-13-7-8-17(16)24-13)22-12-19(9-10-19)14-5-3-4-6-15(14)20;/h3-6,13,16-17H,2,7-12H2,1H3,(H2,21,22,23);1H. The fraction of sp³-hybridized carbons (Fsp3) is 0.632. The summed E-state index contributed by atoms with van der Waals surface area (Å²) >= 11 is 3.71. The Morgan fingerprint density at radius 2 is 2.12 bits per heavy atom. The highest BCUT2D eigenvalue weighted by molar-refractivity contribution is 14.0. The van der Waals surface area contributed by atoms with E-state index in [0.717, 1.165) is 25.5 Å². The van der Waals surface area contributed by atoms with E-state index < -0.39 is 0 Å². The number of fused-ring (bicyclic) bond motifs is 2. The average Bonchev–Trinajstić information content (AvgIpc) is 3.07. The molecule has 0 radical (unpaired) electrons. The number of nitrogens with zero attached hydrogens (tertiary/aromatic N) is 1. The predicted octanol–water partition coefficient (Wildman–Crippen LogP) is 3.97. The van der Waals surface area contributed by atoms with Crippen molar-refractivity contribution in [2.24, 2.45) is 4.99 Å². The Labute approximate surface area is 175 Å². The number of hydrogen-bond acceptors (Lipinski definition) is 2. The van der Waals surface area contributed by atoms with Gasteiger partial charge in [-0.1, -0.05) is 34.1 Å². The number of rotatable bonds is 5. The highest BCUT2D eigenvalue weighted by atomic mass is 127. The first kappa shape index (κ1) is 19.4. The molecule has 3 aliphatic rings. The summed E-state index contributed by atoms with van der Waals surface area (Å²) in [7, 11) is 0. The molecule has 3 fully saturated rings. The van der Waals surface area contributed by atoms with Crippen molar-refractivity contribution in [3.05, 3.63) is 34.3 Å². The predicted molar refractivity (Wildman–Crippen MR) is 116 cm³/mol. The summed E-state index contributed by atoms with van der Waals surface area (Å²) in [6.45, 7) is 3.84. The Bertz CT molecular complexity index is 635. The van der Waals surface area contributed by atoms with Gasteiger partial charge in [-0.3, -0.25) is 4.99 Å². The Kier molecular flexibility index (Phi) is 6.31. The SMILES string of the molecule is CCNC(=NCC1(c2ccccc2Br)CC1)NC1CC2CCC1O2.I. The van der Waals surface area contributed by atoms with Crippen LogP contribution in [-0.2, 0) is 10.2 Å². The monoisotopic (exact) mass is 519 g/mol. The van der Waals surface area contributed by atoms with Crippen LogP contribution in [0.3, 0.4) is 0 Å². The van der Waals surface area contributed by atoms with E-state index >= 15 is 0 Å². The van der Waals surface area contributed by atoms with Crippen molar-refractivity contribution < 1.29 is 4.74 Å². The molecule has 3 unspecified atom stereocenters. The van der Waals surface area contributed by atoms with E-state index in [2.05, 4.69) is 57.8 Å². The number of guanidine groups is 1. The molecule has 1 aliphatic carbocycles. The maximum Gasteiger partial charge on any atom is 0.191 e. The fourth-order valence-electron chi connectivity index (χ4n) is 4.07. The third-order valence-corrected chi connectivity index (χ3v) is 6.30. The van der Waals surface area contributed by atoms with Crippen LogP contribution < -0.4 is 10.6 Å². The molecule has 2 aliphatic heterocycles. The van der Waals surface area contributed by atoms with Crippen LogP contribution in [0.1, 0.15) is 44.6 Å². The van der Waals surface area contributed by atoms with Crippen LogP contribution in [0.5, 0.6) is 0 Å². The van der Waals surface area contributed by atoms with Gasteiger partial charge in [-0.15, -0.1) is 24.0 Å². The highest BCUT2D eigenvalue weighted by Gasteiger charge is 2.45. The molecule has 2 saturated heterocycles. The van der Waals surface area contributed by atoms with Gasteiger partial charge in [0.1, 0.15) is 0 Å². The van der Waals surface area contributed by atoms with E-state index in [0.29, 0.717) is 18.2 Å². The topological polar surface area (TPSA) is 45.7 Å². The minimum absolute atomic E-state index is 0. The molecule has 0 spiro atoms. The molecule has 2 bridgehead atoms. The minimum Gasteiger partial charge on any atom is -0.373 e. The van der Waals surface area contributed by atoms with Gasteiger partial charge in [0.25, 0.3) is 0 Å². The van der Waals surface area contributed by atoms with Crippen molar-refractivity contribution in [2.75, 3.05) is 13.1 Å². The zero-order valence-electron chi connectivity index (χ0n) is 14.6. The first-order chi connectivity index (χ1) is 11.7. The molecule has 3 atom stereocenters. The van der Waals surface area contributed by atoms with Crippen LogP contribution in [0.15, 0.2) is 33.7 Å². The lowest BCUT2D eigenvalue weighted by atomic mass is 9.95. The van der Waals surface area contributed by atoms with E-state index in [1.165, 1.54) is 35.7 Å². The first-order valence-corrected chi connectivity index (χ1v) is 9.95. The third-order valence-electron chi connectivity index (χ3n) is 5.61. The summed E-state index contributed by atoms with van der Waals surface area (Å²) in [4.78, 5) is 4.93. The second-order valence-corrected chi connectivity index (χ2v) is 8.17. The van der Waals surface area contributed by atoms with Crippen molar-refractivity contribution in [1.82, 2.24) is 10.6 Å². The summed E-state index contributed by atoms with van der Waals surface area (Å²) in [5.41, 5.74) is 1.61. The smallest absolute Gasteiger partial charge is 0.191 e. The highest BCUT2D eigenvalue weighted by Crippen LogP contribution is 2.50. The van der Waals surface area contributed by atoms with Crippen LogP contribution in [0.4, 0.5) is 0 Å². The van der Waals surface area contributed by atoms with Crippen molar-refractivity contribution in [3.8, 4) is 0 Å². The number of ether oxygens (including phenoxy) is 1. The Morgan fingerprint density at radius 1 is 1.32 bits per heavy atom. The summed E-state index contributed by atoms with van der Waals surface area (Å²) in [5, 5.41) is 7.02. The molecule has 6 heteroatoms. The molecule has 0 aromatic heterocycles. The van der Waals surface area contributed by atoms with E-state index in [1.54, 1.807) is 0 Å². The van der Waals surface area contributed by atoms with Gasteiger partial charge in [0.15, 0.2) is 5.96 Å². The maximum atomic E-state index is 5.96. The number of hydrogen-bond donors (Lipinski definition) is 2. The number of nitrogens with one attached hydrogen (secondary N) is 2. The van der Waals surface area contributed by atoms with Gasteiger partial charge in [0.05, 0.1) is 24.8 Å². The molecule has 2 heterocycles. The first-order valence-electron chi connectivity index (χ1n) is 9.15. The zero-order valence-corrected chi connectivity index (χ0v) is 18.5. The Morgan fingerprint density at radius 3 is 2.72 bits per heavy atom. The van der Waals surface area contributed by atoms with Gasteiger partial charge in [0.2, 0.25) is 0 Å². The van der Waals surface area contributed by atoms with Gasteiger partial charge in [-0.2, -0.15) is 0 Å². The largest absolute Gasteiger partial charge is 0.373 e. The van der Waals surface area contributed by atoms with Crippen molar-refractivity contribution >= 4 is 45.9 Å². The van der Waals surface area contributed by atoms with Gasteiger partial charge < -0.3 is 15.4 Å². The molecule has 4 nitrogen and oxygen atoms in total. The minimum atomic E-state index is 0. The van der Waals surface area contributed by atoms with Gasteiger partial charge >= 0.3 is 0 Å². The number of benzene rings is 1. The Balaban J connectivity index is 0.00000182. The molecular formula is C19H27BrIN3O.